The summed E-state index contributed by atoms with van der Waals surface area (Å²) in [5.74, 6) is -0.541. The lowest BCUT2D eigenvalue weighted by molar-refractivity contribution is -0.143. The minimum Gasteiger partial charge on any atom is -0.468 e. The molecule has 0 radical (unpaired) electrons. The first-order chi connectivity index (χ1) is 19.6. The first-order valence-electron chi connectivity index (χ1n) is 13.9. The Morgan fingerprint density at radius 3 is 2.00 bits per heavy atom. The molecule has 0 amide bonds. The minimum atomic E-state index is -0.866. The summed E-state index contributed by atoms with van der Waals surface area (Å²) in [4.78, 5) is 49.4. The van der Waals surface area contributed by atoms with Crippen molar-refractivity contribution in [3.8, 4) is 17.2 Å². The highest BCUT2D eigenvalue weighted by Gasteiger charge is 2.22. The van der Waals surface area contributed by atoms with E-state index in [0.717, 1.165) is 12.8 Å². The Morgan fingerprint density at radius 2 is 1.41 bits per heavy atom. The monoisotopic (exact) mass is 571 g/mol. The van der Waals surface area contributed by atoms with Gasteiger partial charge in [0.15, 0.2) is 11.5 Å². The largest absolute Gasteiger partial charge is 0.513 e. The van der Waals surface area contributed by atoms with Crippen molar-refractivity contribution in [2.45, 2.75) is 65.8 Å². The number of carbonyl (C=O) groups excluding carboxylic acids is 4. The van der Waals surface area contributed by atoms with Crippen LogP contribution >= 0.6 is 0 Å². The number of methoxy groups -OCH3 is 1. The zero-order valence-corrected chi connectivity index (χ0v) is 24.5. The summed E-state index contributed by atoms with van der Waals surface area (Å²) in [6.07, 6.45) is 1.37. The van der Waals surface area contributed by atoms with Crippen molar-refractivity contribution >= 4 is 24.1 Å². The Morgan fingerprint density at radius 1 is 0.805 bits per heavy atom. The maximum absolute atomic E-state index is 12.6. The van der Waals surface area contributed by atoms with Crippen molar-refractivity contribution in [1.29, 1.82) is 0 Å². The number of hydrogen-bond donors (Lipinski definition) is 1. The Kier molecular flexibility index (Phi) is 14.4. The van der Waals surface area contributed by atoms with E-state index in [1.54, 1.807) is 48.5 Å². The van der Waals surface area contributed by atoms with E-state index in [0.29, 0.717) is 11.3 Å². The number of carbonyl (C=O) groups is 4. The summed E-state index contributed by atoms with van der Waals surface area (Å²) in [5.41, 5.74) is 0.630. The third kappa shape index (κ3) is 12.4. The molecular formula is C31H41NO9. The van der Waals surface area contributed by atoms with Crippen molar-refractivity contribution in [1.82, 2.24) is 5.32 Å². The predicted octanol–water partition coefficient (Wildman–Crippen LogP) is 5.26. The number of esters is 3. The van der Waals surface area contributed by atoms with Gasteiger partial charge in [-0.15, -0.1) is 0 Å². The molecule has 2 aromatic rings. The fraction of sp³-hybridized carbons (Fsp3) is 0.484. The fourth-order valence-corrected chi connectivity index (χ4v) is 3.63. The SMILES string of the molecule is CCC(C)CC(=O)Oc1ccc(C[C@H](NCCOC(=O)Oc2ccccc2)C(=O)OC)cc1OC(=O)CC(C)CC. The van der Waals surface area contributed by atoms with Gasteiger partial charge in [-0.05, 0) is 48.1 Å². The van der Waals surface area contributed by atoms with E-state index in [1.807, 2.05) is 27.7 Å². The quantitative estimate of drug-likeness (QED) is 0.123. The predicted molar refractivity (Wildman–Crippen MR) is 152 cm³/mol. The Hall–Kier alpha value is -3.92. The van der Waals surface area contributed by atoms with E-state index in [-0.39, 0.29) is 55.7 Å². The standard InChI is InChI=1S/C31H41NO9/c1-6-21(3)17-28(33)40-26-14-13-23(20-27(26)41-29(34)18-22(4)7-2)19-25(30(35)37-5)32-15-16-38-31(36)39-24-11-9-8-10-12-24/h8-14,20-22,25,32H,6-7,15-19H2,1-5H3/t21?,22?,25-/m0/s1. The lowest BCUT2D eigenvalue weighted by atomic mass is 10.0. The van der Waals surface area contributed by atoms with Crippen LogP contribution in [0.1, 0.15) is 58.9 Å². The summed E-state index contributed by atoms with van der Waals surface area (Å²) >= 11 is 0. The van der Waals surface area contributed by atoms with Gasteiger partial charge < -0.3 is 29.0 Å². The molecule has 2 aromatic carbocycles. The van der Waals surface area contributed by atoms with E-state index in [1.165, 1.54) is 7.11 Å². The van der Waals surface area contributed by atoms with E-state index >= 15 is 0 Å². The average Bonchev–Trinajstić information content (AvgIpc) is 2.95. The van der Waals surface area contributed by atoms with Crippen LogP contribution in [0.5, 0.6) is 17.2 Å². The molecule has 10 nitrogen and oxygen atoms in total. The van der Waals surface area contributed by atoms with Gasteiger partial charge in [-0.2, -0.15) is 0 Å². The zero-order chi connectivity index (χ0) is 30.2. The van der Waals surface area contributed by atoms with E-state index in [9.17, 15) is 19.2 Å². The van der Waals surface area contributed by atoms with Crippen molar-refractivity contribution in [2.75, 3.05) is 20.3 Å². The summed E-state index contributed by atoms with van der Waals surface area (Å²) in [7, 11) is 1.27. The maximum atomic E-state index is 12.6. The second kappa shape index (κ2) is 17.7. The molecule has 224 valence electrons. The summed E-state index contributed by atoms with van der Waals surface area (Å²) in [5, 5.41) is 3.01. The second-order valence-corrected chi connectivity index (χ2v) is 9.91. The Bertz CT molecular complexity index is 1140. The first kappa shape index (κ1) is 33.3. The van der Waals surface area contributed by atoms with Crippen LogP contribution in [0.4, 0.5) is 4.79 Å². The molecule has 0 spiro atoms. The zero-order valence-electron chi connectivity index (χ0n) is 24.5. The first-order valence-corrected chi connectivity index (χ1v) is 13.9. The van der Waals surface area contributed by atoms with Crippen LogP contribution in [0.15, 0.2) is 48.5 Å². The molecule has 3 atom stereocenters. The van der Waals surface area contributed by atoms with Crippen LogP contribution in [0.25, 0.3) is 0 Å². The van der Waals surface area contributed by atoms with Crippen molar-refractivity contribution < 1.29 is 42.9 Å². The molecule has 0 aliphatic rings. The maximum Gasteiger partial charge on any atom is 0.513 e. The van der Waals surface area contributed by atoms with Crippen LogP contribution in [0, 0.1) is 11.8 Å². The van der Waals surface area contributed by atoms with Crippen LogP contribution in [0.2, 0.25) is 0 Å². The topological polar surface area (TPSA) is 126 Å². The van der Waals surface area contributed by atoms with Gasteiger partial charge in [-0.3, -0.25) is 14.4 Å². The molecule has 0 fully saturated rings. The minimum absolute atomic E-state index is 0.0529. The number of para-hydroxylation sites is 1. The number of benzene rings is 2. The molecule has 41 heavy (non-hydrogen) atoms. The van der Waals surface area contributed by atoms with E-state index in [4.69, 9.17) is 23.7 Å². The van der Waals surface area contributed by atoms with E-state index in [2.05, 4.69) is 5.32 Å². The van der Waals surface area contributed by atoms with Gasteiger partial charge in [-0.25, -0.2) is 4.79 Å². The lowest BCUT2D eigenvalue weighted by Gasteiger charge is -2.18. The second-order valence-electron chi connectivity index (χ2n) is 9.91. The van der Waals surface area contributed by atoms with Gasteiger partial charge >= 0.3 is 24.1 Å². The Labute approximate surface area is 241 Å². The van der Waals surface area contributed by atoms with Gasteiger partial charge in [0.25, 0.3) is 0 Å². The smallest absolute Gasteiger partial charge is 0.468 e. The number of ether oxygens (including phenoxy) is 5. The molecule has 2 rings (SSSR count). The van der Waals surface area contributed by atoms with Crippen LogP contribution in [-0.2, 0) is 30.3 Å². The summed E-state index contributed by atoms with van der Waals surface area (Å²) in [6, 6.07) is 12.5. The molecular weight excluding hydrogens is 530 g/mol. The number of hydrogen-bond acceptors (Lipinski definition) is 10. The van der Waals surface area contributed by atoms with Gasteiger partial charge in [-0.1, -0.05) is 64.8 Å². The van der Waals surface area contributed by atoms with Gasteiger partial charge in [0.05, 0.1) is 7.11 Å². The highest BCUT2D eigenvalue weighted by Crippen LogP contribution is 2.31. The van der Waals surface area contributed by atoms with Crippen LogP contribution < -0.4 is 19.5 Å². The lowest BCUT2D eigenvalue weighted by Crippen LogP contribution is -2.41. The third-order valence-corrected chi connectivity index (χ3v) is 6.46. The molecule has 0 saturated carbocycles. The van der Waals surface area contributed by atoms with Crippen molar-refractivity contribution in [3.63, 3.8) is 0 Å². The van der Waals surface area contributed by atoms with Crippen LogP contribution in [-0.4, -0.2) is 50.4 Å². The van der Waals surface area contributed by atoms with Gasteiger partial charge in [0.2, 0.25) is 0 Å². The number of rotatable bonds is 16. The molecule has 0 aliphatic heterocycles. The third-order valence-electron chi connectivity index (χ3n) is 6.46. The highest BCUT2D eigenvalue weighted by atomic mass is 16.7. The molecule has 0 aliphatic carbocycles. The number of nitrogens with one attached hydrogen (secondary N) is 1. The molecule has 0 saturated heterocycles. The van der Waals surface area contributed by atoms with Gasteiger partial charge in [0, 0.05) is 19.4 Å². The molecule has 10 heteroatoms. The average molecular weight is 572 g/mol. The molecule has 1 N–H and O–H groups in total. The molecule has 0 aromatic heterocycles. The van der Waals surface area contributed by atoms with Gasteiger partial charge in [0.1, 0.15) is 18.4 Å². The molecule has 0 heterocycles. The fourth-order valence-electron chi connectivity index (χ4n) is 3.63. The molecule has 2 unspecified atom stereocenters. The highest BCUT2D eigenvalue weighted by molar-refractivity contribution is 5.77. The molecule has 0 bridgehead atoms. The van der Waals surface area contributed by atoms with Crippen molar-refractivity contribution in [3.05, 3.63) is 54.1 Å². The Balaban J connectivity index is 2.09. The van der Waals surface area contributed by atoms with Crippen LogP contribution in [0.3, 0.4) is 0 Å². The van der Waals surface area contributed by atoms with Crippen molar-refractivity contribution in [2.24, 2.45) is 11.8 Å². The summed E-state index contributed by atoms with van der Waals surface area (Å²) < 4.78 is 26.2. The normalized spacial score (nSPS) is 12.9. The summed E-state index contributed by atoms with van der Waals surface area (Å²) in [6.45, 7) is 7.96. The van der Waals surface area contributed by atoms with E-state index < -0.39 is 30.1 Å².